The van der Waals surface area contributed by atoms with Crippen molar-refractivity contribution in [2.75, 3.05) is 43.6 Å². The molecule has 2 aliphatic rings. The number of hydrogen-bond acceptors (Lipinski definition) is 8. The van der Waals surface area contributed by atoms with Crippen molar-refractivity contribution in [1.82, 2.24) is 9.47 Å². The molecule has 2 aromatic carbocycles. The molecule has 9 nitrogen and oxygen atoms in total. The molecule has 5 rings (SSSR count). The third-order valence-electron chi connectivity index (χ3n) is 8.33. The van der Waals surface area contributed by atoms with Crippen molar-refractivity contribution in [1.29, 1.82) is 0 Å². The molecule has 4 N–H and O–H groups in total. The molecule has 1 saturated carbocycles. The maximum atomic E-state index is 13.6. The van der Waals surface area contributed by atoms with Crippen LogP contribution in [0.3, 0.4) is 0 Å². The fourth-order valence-corrected chi connectivity index (χ4v) is 6.72. The van der Waals surface area contributed by atoms with Crippen molar-refractivity contribution in [3.05, 3.63) is 48.2 Å². The highest BCUT2D eigenvalue weighted by Crippen LogP contribution is 2.33. The molecule has 1 aliphatic carbocycles. The van der Waals surface area contributed by atoms with Gasteiger partial charge in [-0.05, 0) is 61.9 Å². The van der Waals surface area contributed by atoms with Crippen LogP contribution in [0.5, 0.6) is 5.75 Å². The molecule has 0 unspecified atom stereocenters. The summed E-state index contributed by atoms with van der Waals surface area (Å²) in [5, 5.41) is 27.0. The molecule has 0 amide bonds. The first-order chi connectivity index (χ1) is 20.8. The van der Waals surface area contributed by atoms with Gasteiger partial charge in [-0.25, -0.2) is 8.42 Å². The molecule has 0 spiro atoms. The Morgan fingerprint density at radius 3 is 2.36 bits per heavy atom. The third kappa shape index (κ3) is 7.43. The number of aromatic nitrogens is 1. The van der Waals surface area contributed by atoms with Gasteiger partial charge in [0.15, 0.2) is 9.84 Å². The summed E-state index contributed by atoms with van der Waals surface area (Å²) in [4.78, 5) is 2.25. The van der Waals surface area contributed by atoms with Gasteiger partial charge in [0.05, 0.1) is 47.7 Å². The number of rotatable bonds is 8. The smallest absolute Gasteiger partial charge is 0.406 e. The van der Waals surface area contributed by atoms with Crippen LogP contribution in [0.4, 0.5) is 24.5 Å². The number of fused-ring (bicyclic) bond motifs is 1. The number of benzene rings is 2. The van der Waals surface area contributed by atoms with Gasteiger partial charge in [-0.15, -0.1) is 0 Å². The van der Waals surface area contributed by atoms with Gasteiger partial charge in [-0.1, -0.05) is 12.0 Å². The summed E-state index contributed by atoms with van der Waals surface area (Å²) in [5.41, 5.74) is 1.90. The van der Waals surface area contributed by atoms with Crippen LogP contribution in [0.15, 0.2) is 47.4 Å². The molecular weight excluding hydrogens is 597 g/mol. The van der Waals surface area contributed by atoms with Gasteiger partial charge in [-0.3, -0.25) is 4.90 Å². The lowest BCUT2D eigenvalue weighted by atomic mass is 9.90. The van der Waals surface area contributed by atoms with Crippen LogP contribution < -0.4 is 15.4 Å². The number of β-amino-alcohol motifs (C(OH)–C–C–N with tert-alkyl or cyclic N) is 2. The van der Waals surface area contributed by atoms with Gasteiger partial charge in [0.1, 0.15) is 12.3 Å². The molecule has 1 aliphatic heterocycles. The molecule has 2 heterocycles. The van der Waals surface area contributed by atoms with Crippen LogP contribution in [0.1, 0.15) is 31.4 Å². The van der Waals surface area contributed by atoms with E-state index in [-0.39, 0.29) is 29.2 Å². The van der Waals surface area contributed by atoms with Gasteiger partial charge in [0.2, 0.25) is 0 Å². The third-order valence-corrected chi connectivity index (χ3v) is 9.44. The summed E-state index contributed by atoms with van der Waals surface area (Å²) in [6, 6.07) is 11.8. The number of hydrogen-bond donors (Lipinski definition) is 4. The number of sulfone groups is 1. The van der Waals surface area contributed by atoms with Crippen molar-refractivity contribution in [2.24, 2.45) is 0 Å². The first-order valence-electron chi connectivity index (χ1n) is 14.5. The average molecular weight is 635 g/mol. The second-order valence-corrected chi connectivity index (χ2v) is 13.5. The van der Waals surface area contributed by atoms with Crippen LogP contribution in [-0.4, -0.2) is 91.6 Å². The number of likely N-dealkylation sites (tertiary alicyclic amines) is 1. The molecule has 0 radical (unpaired) electrons. The van der Waals surface area contributed by atoms with E-state index in [9.17, 15) is 31.8 Å². The number of nitrogens with zero attached hydrogens (tertiary/aromatic N) is 2. The van der Waals surface area contributed by atoms with Crippen LogP contribution >= 0.6 is 0 Å². The molecule has 0 bridgehead atoms. The molecular formula is C31H37F3N4O5S. The number of aliphatic hydroxyl groups is 2. The van der Waals surface area contributed by atoms with Crippen molar-refractivity contribution >= 4 is 32.1 Å². The fourth-order valence-electron chi connectivity index (χ4n) is 6.09. The Morgan fingerprint density at radius 1 is 1.02 bits per heavy atom. The summed E-state index contributed by atoms with van der Waals surface area (Å²) in [6.45, 7) is -0.158. The van der Waals surface area contributed by atoms with Crippen molar-refractivity contribution in [3.63, 3.8) is 0 Å². The molecule has 2 fully saturated rings. The second-order valence-electron chi connectivity index (χ2n) is 11.5. The topological polar surface area (TPSA) is 116 Å². The highest BCUT2D eigenvalue weighted by Gasteiger charge is 2.35. The van der Waals surface area contributed by atoms with Gasteiger partial charge in [0, 0.05) is 48.6 Å². The van der Waals surface area contributed by atoms with Crippen LogP contribution in [-0.2, 0) is 16.4 Å². The normalized spacial score (nSPS) is 22.9. The summed E-state index contributed by atoms with van der Waals surface area (Å²) in [7, 11) is -2.01. The minimum Gasteiger partial charge on any atom is -0.495 e. The Morgan fingerprint density at radius 2 is 1.73 bits per heavy atom. The molecule has 1 saturated heterocycles. The standard InChI is InChI=1S/C31H37F3N4O5S/c1-43-30-16-23(44(2,41)42)12-13-26(30)35-14-4-5-22-15-24-25(6-3-7-27(24)38(22)19-31(32,33)34)36-20-8-10-21(11-9-20)37-17-28(39)29(40)18-37/h3,6-7,12-13,15-16,20-21,28-29,35-36,39-40H,8-11,14,17-19H2,1-2H3/t20-,21+,28-,29-/m0/s1. The van der Waals surface area contributed by atoms with Crippen LogP contribution in [0.2, 0.25) is 0 Å². The molecule has 3 aromatic rings. The van der Waals surface area contributed by atoms with Gasteiger partial charge < -0.3 is 30.2 Å². The lowest BCUT2D eigenvalue weighted by Gasteiger charge is -2.35. The zero-order valence-corrected chi connectivity index (χ0v) is 25.4. The number of halogens is 3. The van der Waals surface area contributed by atoms with Gasteiger partial charge in [-0.2, -0.15) is 13.2 Å². The van der Waals surface area contributed by atoms with Crippen LogP contribution in [0.25, 0.3) is 10.9 Å². The Labute approximate surface area is 254 Å². The van der Waals surface area contributed by atoms with Gasteiger partial charge >= 0.3 is 6.18 Å². The van der Waals surface area contributed by atoms with E-state index in [2.05, 4.69) is 27.4 Å². The SMILES string of the molecule is COc1cc(S(C)(=O)=O)ccc1NCC#Cc1cc2c(N[C@H]3CC[C@@H](N4C[C@H](O)[C@@H](O)C4)CC3)cccc2n1CC(F)(F)F. The molecule has 44 heavy (non-hydrogen) atoms. The zero-order valence-electron chi connectivity index (χ0n) is 24.6. The highest BCUT2D eigenvalue weighted by atomic mass is 32.2. The van der Waals surface area contributed by atoms with Crippen molar-refractivity contribution in [2.45, 2.75) is 67.6 Å². The van der Waals surface area contributed by atoms with E-state index in [1.54, 1.807) is 24.3 Å². The quantitative estimate of drug-likeness (QED) is 0.277. The molecule has 238 valence electrons. The average Bonchev–Trinajstić information content (AvgIpc) is 3.49. The Kier molecular flexibility index (Phi) is 9.36. The van der Waals surface area contributed by atoms with Crippen molar-refractivity contribution in [3.8, 4) is 17.6 Å². The Bertz CT molecular complexity index is 1650. The lowest BCUT2D eigenvalue weighted by molar-refractivity contribution is -0.140. The first kappa shape index (κ1) is 32.0. The monoisotopic (exact) mass is 634 g/mol. The minimum atomic E-state index is -4.45. The first-order valence-corrected chi connectivity index (χ1v) is 16.4. The minimum absolute atomic E-state index is 0.0849. The van der Waals surface area contributed by atoms with E-state index in [0.29, 0.717) is 35.4 Å². The second kappa shape index (κ2) is 12.9. The van der Waals surface area contributed by atoms with Crippen LogP contribution in [0, 0.1) is 11.8 Å². The molecule has 1 aromatic heterocycles. The van der Waals surface area contributed by atoms with E-state index in [1.807, 2.05) is 6.07 Å². The zero-order chi connectivity index (χ0) is 31.6. The molecule has 2 atom stereocenters. The van der Waals surface area contributed by atoms with Crippen molar-refractivity contribution < 1.29 is 36.5 Å². The van der Waals surface area contributed by atoms with Gasteiger partial charge in [0.25, 0.3) is 0 Å². The van der Waals surface area contributed by atoms with E-state index in [0.717, 1.165) is 37.6 Å². The predicted octanol–water partition coefficient (Wildman–Crippen LogP) is 3.84. The summed E-state index contributed by atoms with van der Waals surface area (Å²) in [5.74, 6) is 6.08. The number of nitrogens with one attached hydrogen (secondary N) is 2. The Hall–Kier alpha value is -3.44. The van der Waals surface area contributed by atoms with E-state index in [1.165, 1.54) is 23.8 Å². The molecule has 13 heteroatoms. The number of ether oxygens (including phenoxy) is 1. The maximum absolute atomic E-state index is 13.6. The highest BCUT2D eigenvalue weighted by molar-refractivity contribution is 7.90. The van der Waals surface area contributed by atoms with E-state index >= 15 is 0 Å². The number of aliphatic hydroxyl groups excluding tert-OH is 2. The number of methoxy groups -OCH3 is 1. The summed E-state index contributed by atoms with van der Waals surface area (Å²) in [6.07, 6.45) is -1.27. The number of alkyl halides is 3. The van der Waals surface area contributed by atoms with E-state index < -0.39 is 34.8 Å². The largest absolute Gasteiger partial charge is 0.495 e. The number of anilines is 2. The fraction of sp³-hybridized carbons (Fsp3) is 0.484. The Balaban J connectivity index is 1.32. The van der Waals surface area contributed by atoms with E-state index in [4.69, 9.17) is 4.74 Å². The maximum Gasteiger partial charge on any atom is 0.406 e. The lowest BCUT2D eigenvalue weighted by Crippen LogP contribution is -2.39. The summed E-state index contributed by atoms with van der Waals surface area (Å²) < 4.78 is 71.1. The predicted molar refractivity (Wildman–Crippen MR) is 163 cm³/mol. The summed E-state index contributed by atoms with van der Waals surface area (Å²) >= 11 is 0.